The highest BCUT2D eigenvalue weighted by molar-refractivity contribution is 6.35. The van der Waals surface area contributed by atoms with Gasteiger partial charge in [-0.3, -0.25) is 9.59 Å². The molecule has 0 spiro atoms. The molecule has 0 saturated heterocycles. The van der Waals surface area contributed by atoms with Crippen LogP contribution in [0.25, 0.3) is 0 Å². The van der Waals surface area contributed by atoms with Crippen LogP contribution in [0.2, 0.25) is 10.0 Å². The second kappa shape index (κ2) is 8.55. The normalized spacial score (nSPS) is 15.9. The van der Waals surface area contributed by atoms with Crippen LogP contribution in [0.15, 0.2) is 18.2 Å². The highest BCUT2D eigenvalue weighted by Gasteiger charge is 2.38. The van der Waals surface area contributed by atoms with Gasteiger partial charge in [-0.05, 0) is 30.5 Å². The first-order valence-electron chi connectivity index (χ1n) is 8.15. The monoisotopic (exact) mass is 382 g/mol. The van der Waals surface area contributed by atoms with Crippen LogP contribution in [-0.4, -0.2) is 36.0 Å². The minimum Gasteiger partial charge on any atom is -0.455 e. The minimum absolute atomic E-state index is 0.0452. The van der Waals surface area contributed by atoms with Gasteiger partial charge in [0.15, 0.2) is 6.61 Å². The molecule has 0 heterocycles. The molecule has 1 aromatic rings. The molecule has 2 rings (SSSR count). The number of likely N-dealkylation sites (N-methyl/N-ethyl adjacent to an activating group) is 1. The Morgan fingerprint density at radius 2 is 1.96 bits per heavy atom. The molecule has 25 heavy (non-hydrogen) atoms. The molecule has 0 aromatic heterocycles. The minimum atomic E-state index is -0.790. The maximum absolute atomic E-state index is 12.3. The number of hydrogen-bond donors (Lipinski definition) is 0. The van der Waals surface area contributed by atoms with Gasteiger partial charge in [0.1, 0.15) is 5.54 Å². The van der Waals surface area contributed by atoms with E-state index in [0.717, 1.165) is 19.3 Å². The Bertz CT molecular complexity index is 694. The zero-order valence-electron chi connectivity index (χ0n) is 14.1. The summed E-state index contributed by atoms with van der Waals surface area (Å²) in [6, 6.07) is 7.10. The number of nitrogens with zero attached hydrogens (tertiary/aromatic N) is 2. The van der Waals surface area contributed by atoms with Gasteiger partial charge in [-0.25, -0.2) is 0 Å². The lowest BCUT2D eigenvalue weighted by atomic mass is 9.81. The summed E-state index contributed by atoms with van der Waals surface area (Å²) >= 11 is 11.8. The molecule has 1 saturated carbocycles. The van der Waals surface area contributed by atoms with Gasteiger partial charge in [0, 0.05) is 17.1 Å². The van der Waals surface area contributed by atoms with Gasteiger partial charge in [0.2, 0.25) is 0 Å². The Labute approximate surface area is 157 Å². The van der Waals surface area contributed by atoms with Crippen molar-refractivity contribution >= 4 is 35.1 Å². The lowest BCUT2D eigenvalue weighted by Crippen LogP contribution is -2.51. The molecular weight excluding hydrogens is 363 g/mol. The summed E-state index contributed by atoms with van der Waals surface area (Å²) in [6.45, 7) is -0.385. The summed E-state index contributed by atoms with van der Waals surface area (Å²) in [6.07, 6.45) is 4.17. The van der Waals surface area contributed by atoms with Gasteiger partial charge < -0.3 is 9.64 Å². The largest absolute Gasteiger partial charge is 0.455 e. The van der Waals surface area contributed by atoms with E-state index < -0.39 is 11.5 Å². The SMILES string of the molecule is CN(C(=O)COC(=O)Cc1ccc(Cl)cc1Cl)C1(C#N)CCCCC1. The number of carbonyl (C=O) groups excluding carboxylic acids is 2. The third-order valence-electron chi connectivity index (χ3n) is 4.61. The predicted molar refractivity (Wildman–Crippen MR) is 95.3 cm³/mol. The van der Waals surface area contributed by atoms with E-state index in [1.165, 1.54) is 4.90 Å². The van der Waals surface area contributed by atoms with Gasteiger partial charge in [-0.1, -0.05) is 48.5 Å². The Morgan fingerprint density at radius 3 is 2.56 bits per heavy atom. The zero-order chi connectivity index (χ0) is 18.4. The summed E-state index contributed by atoms with van der Waals surface area (Å²) < 4.78 is 5.06. The molecular formula is C18H20Cl2N2O3. The maximum atomic E-state index is 12.3. The number of rotatable bonds is 5. The van der Waals surface area contributed by atoms with E-state index in [1.54, 1.807) is 25.2 Å². The van der Waals surface area contributed by atoms with Crippen molar-refractivity contribution in [2.24, 2.45) is 0 Å². The molecule has 0 aliphatic heterocycles. The molecule has 0 unspecified atom stereocenters. The molecule has 7 heteroatoms. The van der Waals surface area contributed by atoms with E-state index >= 15 is 0 Å². The first-order chi connectivity index (χ1) is 11.9. The van der Waals surface area contributed by atoms with Crippen molar-refractivity contribution in [2.75, 3.05) is 13.7 Å². The van der Waals surface area contributed by atoms with Gasteiger partial charge in [0.05, 0.1) is 12.5 Å². The van der Waals surface area contributed by atoms with Crippen LogP contribution >= 0.6 is 23.2 Å². The Hall–Kier alpha value is -1.77. The van der Waals surface area contributed by atoms with E-state index in [0.29, 0.717) is 28.5 Å². The van der Waals surface area contributed by atoms with E-state index in [1.807, 2.05) is 0 Å². The second-order valence-corrected chi connectivity index (χ2v) is 7.07. The van der Waals surface area contributed by atoms with Crippen LogP contribution in [0.5, 0.6) is 0 Å². The molecule has 0 radical (unpaired) electrons. The van der Waals surface area contributed by atoms with Gasteiger partial charge in [0.25, 0.3) is 5.91 Å². The second-order valence-electron chi connectivity index (χ2n) is 6.23. The molecule has 0 atom stereocenters. The molecule has 5 nitrogen and oxygen atoms in total. The average molecular weight is 383 g/mol. The number of halogens is 2. The number of benzene rings is 1. The number of carbonyl (C=O) groups is 2. The highest BCUT2D eigenvalue weighted by atomic mass is 35.5. The molecule has 1 aromatic carbocycles. The first-order valence-corrected chi connectivity index (χ1v) is 8.91. The lowest BCUT2D eigenvalue weighted by Gasteiger charge is -2.38. The number of amides is 1. The van der Waals surface area contributed by atoms with Crippen LogP contribution in [0.3, 0.4) is 0 Å². The van der Waals surface area contributed by atoms with E-state index in [-0.39, 0.29) is 18.9 Å². The first kappa shape index (κ1) is 19.6. The number of ether oxygens (including phenoxy) is 1. The number of hydrogen-bond acceptors (Lipinski definition) is 4. The third-order valence-corrected chi connectivity index (χ3v) is 5.20. The fourth-order valence-corrected chi connectivity index (χ4v) is 3.48. The van der Waals surface area contributed by atoms with Crippen LogP contribution in [0.1, 0.15) is 37.7 Å². The smallest absolute Gasteiger partial charge is 0.310 e. The van der Waals surface area contributed by atoms with Crippen molar-refractivity contribution in [1.82, 2.24) is 4.90 Å². The quantitative estimate of drug-likeness (QED) is 0.726. The van der Waals surface area contributed by atoms with Crippen LogP contribution in [0.4, 0.5) is 0 Å². The Morgan fingerprint density at radius 1 is 1.28 bits per heavy atom. The van der Waals surface area contributed by atoms with Gasteiger partial charge in [-0.15, -0.1) is 0 Å². The van der Waals surface area contributed by atoms with Crippen molar-refractivity contribution in [3.05, 3.63) is 33.8 Å². The average Bonchev–Trinajstić information content (AvgIpc) is 2.62. The fraction of sp³-hybridized carbons (Fsp3) is 0.500. The van der Waals surface area contributed by atoms with E-state index in [4.69, 9.17) is 27.9 Å². The number of esters is 1. The highest BCUT2D eigenvalue weighted by Crippen LogP contribution is 2.32. The topological polar surface area (TPSA) is 70.4 Å². The summed E-state index contributed by atoms with van der Waals surface area (Å²) in [4.78, 5) is 25.7. The predicted octanol–water partition coefficient (Wildman–Crippen LogP) is 3.76. The maximum Gasteiger partial charge on any atom is 0.310 e. The van der Waals surface area contributed by atoms with Crippen LogP contribution in [0, 0.1) is 11.3 Å². The fourth-order valence-electron chi connectivity index (χ4n) is 3.01. The van der Waals surface area contributed by atoms with Crippen LogP contribution < -0.4 is 0 Å². The number of nitriles is 1. The molecule has 1 fully saturated rings. The molecule has 1 aliphatic rings. The van der Waals surface area contributed by atoms with Gasteiger partial charge >= 0.3 is 5.97 Å². The standard InChI is InChI=1S/C18H20Cl2N2O3/c1-22(18(12-21)7-3-2-4-8-18)16(23)11-25-17(24)9-13-5-6-14(19)10-15(13)20/h5-6,10H,2-4,7-9,11H2,1H3. The summed E-state index contributed by atoms with van der Waals surface area (Å²) in [5.74, 6) is -0.931. The van der Waals surface area contributed by atoms with Crippen molar-refractivity contribution in [3.63, 3.8) is 0 Å². The van der Waals surface area contributed by atoms with Crippen LogP contribution in [-0.2, 0) is 20.7 Å². The lowest BCUT2D eigenvalue weighted by molar-refractivity contribution is -0.153. The molecule has 0 N–H and O–H groups in total. The van der Waals surface area contributed by atoms with E-state index in [9.17, 15) is 14.9 Å². The summed E-state index contributed by atoms with van der Waals surface area (Å²) in [5.41, 5.74) is -0.209. The third kappa shape index (κ3) is 4.87. The van der Waals surface area contributed by atoms with Crippen molar-refractivity contribution in [3.8, 4) is 6.07 Å². The molecule has 0 bridgehead atoms. The molecule has 134 valence electrons. The van der Waals surface area contributed by atoms with Gasteiger partial charge in [-0.2, -0.15) is 5.26 Å². The van der Waals surface area contributed by atoms with E-state index in [2.05, 4.69) is 6.07 Å². The molecule has 1 aliphatic carbocycles. The summed E-state index contributed by atoms with van der Waals surface area (Å²) in [5, 5.41) is 10.4. The Kier molecular flexibility index (Phi) is 6.69. The zero-order valence-corrected chi connectivity index (χ0v) is 15.6. The Balaban J connectivity index is 1.90. The van der Waals surface area contributed by atoms with Crippen molar-refractivity contribution < 1.29 is 14.3 Å². The van der Waals surface area contributed by atoms with Crippen molar-refractivity contribution in [1.29, 1.82) is 5.26 Å². The summed E-state index contributed by atoms with van der Waals surface area (Å²) in [7, 11) is 1.60. The molecule has 1 amide bonds. The van der Waals surface area contributed by atoms with Crippen molar-refractivity contribution in [2.45, 2.75) is 44.1 Å².